The van der Waals surface area contributed by atoms with E-state index in [4.69, 9.17) is 5.11 Å². The highest BCUT2D eigenvalue weighted by Gasteiger charge is 2.22. The van der Waals surface area contributed by atoms with Crippen molar-refractivity contribution in [2.24, 2.45) is 0 Å². The lowest BCUT2D eigenvalue weighted by Crippen LogP contribution is -2.44. The average Bonchev–Trinajstić information content (AvgIpc) is 2.87. The zero-order valence-electron chi connectivity index (χ0n) is 12.4. The second-order valence-corrected chi connectivity index (χ2v) is 5.27. The number of rotatable bonds is 9. The zero-order valence-corrected chi connectivity index (χ0v) is 12.4. The number of hydrogen-bond acceptors (Lipinski definition) is 3. The highest BCUT2D eigenvalue weighted by Crippen LogP contribution is 2.15. The summed E-state index contributed by atoms with van der Waals surface area (Å²) >= 11 is 0. The molecule has 1 rings (SSSR count). The largest absolute Gasteiger partial charge is 0.481 e. The Morgan fingerprint density at radius 3 is 2.75 bits per heavy atom. The molecular weight excluding hydrogens is 258 g/mol. The van der Waals surface area contributed by atoms with Crippen molar-refractivity contribution in [1.82, 2.24) is 15.5 Å². The van der Waals surface area contributed by atoms with Crippen LogP contribution in [0.4, 0.5) is 4.79 Å². The van der Waals surface area contributed by atoms with Crippen molar-refractivity contribution in [2.75, 3.05) is 26.2 Å². The molecule has 6 nitrogen and oxygen atoms in total. The van der Waals surface area contributed by atoms with Crippen LogP contribution in [0.3, 0.4) is 0 Å². The topological polar surface area (TPSA) is 81.7 Å². The number of unbranched alkanes of at least 4 members (excludes halogenated alkanes) is 2. The van der Waals surface area contributed by atoms with Gasteiger partial charge in [0.05, 0.1) is 0 Å². The van der Waals surface area contributed by atoms with Gasteiger partial charge in [-0.25, -0.2) is 4.79 Å². The number of nitrogens with zero attached hydrogens (tertiary/aromatic N) is 1. The summed E-state index contributed by atoms with van der Waals surface area (Å²) in [4.78, 5) is 24.3. The van der Waals surface area contributed by atoms with Gasteiger partial charge in [-0.2, -0.15) is 0 Å². The Hall–Kier alpha value is -1.30. The van der Waals surface area contributed by atoms with E-state index in [0.29, 0.717) is 25.6 Å². The first-order valence-electron chi connectivity index (χ1n) is 7.61. The van der Waals surface area contributed by atoms with Crippen LogP contribution in [-0.2, 0) is 4.79 Å². The van der Waals surface area contributed by atoms with E-state index >= 15 is 0 Å². The lowest BCUT2D eigenvalue weighted by molar-refractivity contribution is -0.137. The fraction of sp³-hybridized carbons (Fsp3) is 0.857. The fourth-order valence-corrected chi connectivity index (χ4v) is 2.60. The van der Waals surface area contributed by atoms with E-state index in [9.17, 15) is 9.59 Å². The fourth-order valence-electron chi connectivity index (χ4n) is 2.60. The van der Waals surface area contributed by atoms with Crippen molar-refractivity contribution in [3.63, 3.8) is 0 Å². The highest BCUT2D eigenvalue weighted by molar-refractivity contribution is 5.73. The Morgan fingerprint density at radius 1 is 1.25 bits per heavy atom. The maximum absolute atomic E-state index is 11.6. The zero-order chi connectivity index (χ0) is 14.8. The third kappa shape index (κ3) is 6.75. The second-order valence-electron chi connectivity index (χ2n) is 5.27. The van der Waals surface area contributed by atoms with Gasteiger partial charge in [0.1, 0.15) is 0 Å². The van der Waals surface area contributed by atoms with Crippen LogP contribution in [0.2, 0.25) is 0 Å². The predicted octanol–water partition coefficient (Wildman–Crippen LogP) is 1.41. The number of carbonyl (C=O) groups is 2. The molecule has 20 heavy (non-hydrogen) atoms. The summed E-state index contributed by atoms with van der Waals surface area (Å²) in [6, 6.07) is 0.354. The van der Waals surface area contributed by atoms with Gasteiger partial charge < -0.3 is 15.7 Å². The number of likely N-dealkylation sites (N-methyl/N-ethyl adjacent to an activating group) is 1. The highest BCUT2D eigenvalue weighted by atomic mass is 16.4. The molecule has 0 spiro atoms. The third-order valence-electron chi connectivity index (χ3n) is 3.76. The van der Waals surface area contributed by atoms with Gasteiger partial charge in [-0.1, -0.05) is 13.3 Å². The van der Waals surface area contributed by atoms with E-state index < -0.39 is 5.97 Å². The van der Waals surface area contributed by atoms with Crippen molar-refractivity contribution < 1.29 is 14.7 Å². The molecule has 116 valence electrons. The molecule has 0 radical (unpaired) electrons. The molecule has 1 fully saturated rings. The van der Waals surface area contributed by atoms with Gasteiger partial charge >= 0.3 is 12.0 Å². The van der Waals surface area contributed by atoms with Gasteiger partial charge in [-0.3, -0.25) is 9.69 Å². The molecule has 1 unspecified atom stereocenters. The monoisotopic (exact) mass is 285 g/mol. The average molecular weight is 285 g/mol. The van der Waals surface area contributed by atoms with Gasteiger partial charge in [-0.05, 0) is 38.8 Å². The van der Waals surface area contributed by atoms with E-state index in [0.717, 1.165) is 32.4 Å². The molecule has 1 saturated heterocycles. The van der Waals surface area contributed by atoms with E-state index in [2.05, 4.69) is 22.5 Å². The molecule has 0 aromatic rings. The number of aliphatic carboxylic acids is 1. The molecule has 0 aromatic heterocycles. The van der Waals surface area contributed by atoms with Gasteiger partial charge in [-0.15, -0.1) is 0 Å². The quantitative estimate of drug-likeness (QED) is 0.560. The van der Waals surface area contributed by atoms with E-state index in [1.807, 2.05) is 0 Å². The molecule has 1 heterocycles. The van der Waals surface area contributed by atoms with Crippen molar-refractivity contribution >= 4 is 12.0 Å². The SMILES string of the molecule is CCN1CCCC1CNC(=O)NCCCCCC(=O)O. The van der Waals surface area contributed by atoms with Gasteiger partial charge in [0, 0.05) is 25.6 Å². The summed E-state index contributed by atoms with van der Waals surface area (Å²) in [5.41, 5.74) is 0. The third-order valence-corrected chi connectivity index (χ3v) is 3.76. The number of carboxylic acid groups (broad SMARTS) is 1. The van der Waals surface area contributed by atoms with Crippen LogP contribution in [0.15, 0.2) is 0 Å². The molecule has 1 aliphatic rings. The van der Waals surface area contributed by atoms with E-state index in [-0.39, 0.29) is 12.5 Å². The molecule has 0 saturated carbocycles. The van der Waals surface area contributed by atoms with Crippen molar-refractivity contribution in [3.05, 3.63) is 0 Å². The Bertz CT molecular complexity index is 310. The summed E-state index contributed by atoms with van der Waals surface area (Å²) < 4.78 is 0. The molecule has 1 aliphatic heterocycles. The molecule has 0 aliphatic carbocycles. The summed E-state index contributed by atoms with van der Waals surface area (Å²) in [5, 5.41) is 14.2. The number of hydrogen-bond donors (Lipinski definition) is 3. The molecule has 0 bridgehead atoms. The van der Waals surface area contributed by atoms with Gasteiger partial charge in [0.2, 0.25) is 0 Å². The van der Waals surface area contributed by atoms with Crippen LogP contribution in [0.5, 0.6) is 0 Å². The summed E-state index contributed by atoms with van der Waals surface area (Å²) in [6.07, 6.45) is 4.91. The van der Waals surface area contributed by atoms with E-state index in [1.165, 1.54) is 6.42 Å². The first-order valence-corrected chi connectivity index (χ1v) is 7.61. The van der Waals surface area contributed by atoms with Crippen LogP contribution >= 0.6 is 0 Å². The van der Waals surface area contributed by atoms with Crippen molar-refractivity contribution in [1.29, 1.82) is 0 Å². The maximum atomic E-state index is 11.6. The van der Waals surface area contributed by atoms with Gasteiger partial charge in [0.25, 0.3) is 0 Å². The lowest BCUT2D eigenvalue weighted by Gasteiger charge is -2.22. The Morgan fingerprint density at radius 2 is 2.05 bits per heavy atom. The lowest BCUT2D eigenvalue weighted by atomic mass is 10.2. The number of nitrogens with one attached hydrogen (secondary N) is 2. The minimum atomic E-state index is -0.757. The number of carbonyl (C=O) groups excluding carboxylic acids is 1. The van der Waals surface area contributed by atoms with Crippen LogP contribution in [0.25, 0.3) is 0 Å². The summed E-state index contributed by atoms with van der Waals surface area (Å²) in [5.74, 6) is -0.757. The Labute approximate surface area is 120 Å². The van der Waals surface area contributed by atoms with Crippen molar-refractivity contribution in [3.8, 4) is 0 Å². The van der Waals surface area contributed by atoms with Crippen LogP contribution in [-0.4, -0.2) is 54.2 Å². The van der Waals surface area contributed by atoms with Crippen LogP contribution < -0.4 is 10.6 Å². The van der Waals surface area contributed by atoms with Crippen molar-refractivity contribution in [2.45, 2.75) is 51.5 Å². The van der Waals surface area contributed by atoms with Crippen LogP contribution in [0, 0.1) is 0 Å². The number of likely N-dealkylation sites (tertiary alicyclic amines) is 1. The molecule has 1 atom stereocenters. The second kappa shape index (κ2) is 9.58. The Kier molecular flexibility index (Phi) is 8.02. The number of urea groups is 1. The molecule has 3 N–H and O–H groups in total. The first kappa shape index (κ1) is 16.8. The molecule has 2 amide bonds. The molecule has 6 heteroatoms. The molecule has 0 aromatic carbocycles. The first-order chi connectivity index (χ1) is 9.63. The summed E-state index contributed by atoms with van der Waals surface area (Å²) in [6.45, 7) is 5.63. The minimum absolute atomic E-state index is 0.119. The maximum Gasteiger partial charge on any atom is 0.314 e. The van der Waals surface area contributed by atoms with E-state index in [1.54, 1.807) is 0 Å². The predicted molar refractivity (Wildman–Crippen MR) is 77.8 cm³/mol. The number of amides is 2. The Balaban J connectivity index is 1.99. The van der Waals surface area contributed by atoms with Crippen LogP contribution in [0.1, 0.15) is 45.4 Å². The number of carboxylic acids is 1. The normalized spacial score (nSPS) is 18.9. The molecular formula is C14H27N3O3. The minimum Gasteiger partial charge on any atom is -0.481 e. The standard InChI is InChI=1S/C14H27N3O3/c1-2-17-10-6-7-12(17)11-16-14(20)15-9-5-3-4-8-13(18)19/h12H,2-11H2,1H3,(H,18,19)(H2,15,16,20). The smallest absolute Gasteiger partial charge is 0.314 e. The van der Waals surface area contributed by atoms with Gasteiger partial charge in [0.15, 0.2) is 0 Å². The summed E-state index contributed by atoms with van der Waals surface area (Å²) in [7, 11) is 0.